The lowest BCUT2D eigenvalue weighted by Crippen LogP contribution is -1.93. The molecule has 0 atom stereocenters. The quantitative estimate of drug-likeness (QED) is 0.843. The van der Waals surface area contributed by atoms with E-state index >= 15 is 0 Å². The van der Waals surface area contributed by atoms with Crippen LogP contribution >= 0.6 is 11.8 Å². The largest absolute Gasteiger partial charge is 0.497 e. The lowest BCUT2D eigenvalue weighted by atomic mass is 10.3. The number of aromatic nitrogens is 1. The molecule has 0 saturated heterocycles. The first-order valence-electron chi connectivity index (χ1n) is 5.26. The standard InChI is InChI=1S/C13H14N2OS/c1-16-11-5-7-12(8-6-11)17-9-10-3-2-4-13(14)15-10/h2-8H,9H2,1H3,(H2,14,15). The van der Waals surface area contributed by atoms with Gasteiger partial charge in [-0.15, -0.1) is 11.8 Å². The molecule has 3 nitrogen and oxygen atoms in total. The van der Waals surface area contributed by atoms with Crippen LogP contribution in [0.2, 0.25) is 0 Å². The molecule has 0 amide bonds. The number of methoxy groups -OCH3 is 1. The van der Waals surface area contributed by atoms with E-state index in [2.05, 4.69) is 4.98 Å². The molecular weight excluding hydrogens is 232 g/mol. The highest BCUT2D eigenvalue weighted by molar-refractivity contribution is 7.98. The summed E-state index contributed by atoms with van der Waals surface area (Å²) in [6, 6.07) is 13.7. The maximum atomic E-state index is 5.63. The molecule has 1 aromatic carbocycles. The molecule has 0 bridgehead atoms. The fourth-order valence-corrected chi connectivity index (χ4v) is 2.21. The fourth-order valence-electron chi connectivity index (χ4n) is 1.41. The zero-order chi connectivity index (χ0) is 12.1. The molecule has 0 aliphatic heterocycles. The van der Waals surface area contributed by atoms with E-state index in [1.165, 1.54) is 4.90 Å². The smallest absolute Gasteiger partial charge is 0.123 e. The second-order valence-electron chi connectivity index (χ2n) is 3.52. The number of anilines is 1. The summed E-state index contributed by atoms with van der Waals surface area (Å²) in [5.74, 6) is 2.26. The van der Waals surface area contributed by atoms with Gasteiger partial charge in [0.25, 0.3) is 0 Å². The zero-order valence-corrected chi connectivity index (χ0v) is 10.4. The number of nitrogen functional groups attached to an aromatic ring is 1. The Balaban J connectivity index is 1.97. The van der Waals surface area contributed by atoms with E-state index in [4.69, 9.17) is 10.5 Å². The summed E-state index contributed by atoms with van der Waals surface area (Å²) in [6.45, 7) is 0. The molecule has 1 heterocycles. The van der Waals surface area contributed by atoms with Crippen LogP contribution in [0.4, 0.5) is 5.82 Å². The molecule has 0 radical (unpaired) electrons. The van der Waals surface area contributed by atoms with Crippen LogP contribution in [0, 0.1) is 0 Å². The predicted molar refractivity (Wildman–Crippen MR) is 71.2 cm³/mol. The van der Waals surface area contributed by atoms with Gasteiger partial charge in [-0.05, 0) is 36.4 Å². The maximum absolute atomic E-state index is 5.63. The molecule has 17 heavy (non-hydrogen) atoms. The van der Waals surface area contributed by atoms with Crippen molar-refractivity contribution < 1.29 is 4.74 Å². The molecule has 0 spiro atoms. The molecule has 0 aliphatic carbocycles. The van der Waals surface area contributed by atoms with Crippen molar-refractivity contribution in [3.05, 3.63) is 48.2 Å². The van der Waals surface area contributed by atoms with Crippen molar-refractivity contribution in [2.45, 2.75) is 10.6 Å². The Morgan fingerprint density at radius 2 is 1.94 bits per heavy atom. The summed E-state index contributed by atoms with van der Waals surface area (Å²) in [4.78, 5) is 5.44. The summed E-state index contributed by atoms with van der Waals surface area (Å²) in [5, 5.41) is 0. The number of hydrogen-bond acceptors (Lipinski definition) is 4. The van der Waals surface area contributed by atoms with Crippen molar-refractivity contribution in [1.29, 1.82) is 0 Å². The molecule has 0 fully saturated rings. The summed E-state index contributed by atoms with van der Waals surface area (Å²) in [5.41, 5.74) is 6.62. The van der Waals surface area contributed by atoms with Gasteiger partial charge in [0, 0.05) is 10.6 Å². The monoisotopic (exact) mass is 246 g/mol. The van der Waals surface area contributed by atoms with Crippen LogP contribution in [0.5, 0.6) is 5.75 Å². The third kappa shape index (κ3) is 3.39. The van der Waals surface area contributed by atoms with Crippen molar-refractivity contribution in [3.8, 4) is 5.75 Å². The van der Waals surface area contributed by atoms with Crippen molar-refractivity contribution in [3.63, 3.8) is 0 Å². The first kappa shape index (κ1) is 11.8. The van der Waals surface area contributed by atoms with Gasteiger partial charge in [-0.1, -0.05) is 6.07 Å². The van der Waals surface area contributed by atoms with E-state index in [9.17, 15) is 0 Å². The summed E-state index contributed by atoms with van der Waals surface area (Å²) in [7, 11) is 1.67. The van der Waals surface area contributed by atoms with Crippen LogP contribution in [-0.2, 0) is 5.75 Å². The summed E-state index contributed by atoms with van der Waals surface area (Å²) < 4.78 is 5.11. The Morgan fingerprint density at radius 1 is 1.18 bits per heavy atom. The maximum Gasteiger partial charge on any atom is 0.123 e. The minimum atomic E-state index is 0.567. The van der Waals surface area contributed by atoms with Crippen molar-refractivity contribution in [2.75, 3.05) is 12.8 Å². The van der Waals surface area contributed by atoms with Crippen LogP contribution in [0.25, 0.3) is 0 Å². The van der Waals surface area contributed by atoms with Crippen LogP contribution < -0.4 is 10.5 Å². The third-order valence-electron chi connectivity index (χ3n) is 2.27. The number of ether oxygens (including phenoxy) is 1. The molecule has 88 valence electrons. The Kier molecular flexibility index (Phi) is 3.88. The highest BCUT2D eigenvalue weighted by Crippen LogP contribution is 2.24. The SMILES string of the molecule is COc1ccc(SCc2cccc(N)n2)cc1. The van der Waals surface area contributed by atoms with Gasteiger partial charge in [-0.25, -0.2) is 4.98 Å². The average molecular weight is 246 g/mol. The van der Waals surface area contributed by atoms with Gasteiger partial charge in [0.15, 0.2) is 0 Å². The Labute approximate surface area is 105 Å². The highest BCUT2D eigenvalue weighted by atomic mass is 32.2. The van der Waals surface area contributed by atoms with Crippen LogP contribution in [0.15, 0.2) is 47.4 Å². The highest BCUT2D eigenvalue weighted by Gasteiger charge is 1.98. The lowest BCUT2D eigenvalue weighted by Gasteiger charge is -2.03. The molecule has 1 aromatic heterocycles. The van der Waals surface area contributed by atoms with Crippen LogP contribution in [0.1, 0.15) is 5.69 Å². The Morgan fingerprint density at radius 3 is 2.59 bits per heavy atom. The van der Waals surface area contributed by atoms with E-state index < -0.39 is 0 Å². The number of nitrogens with two attached hydrogens (primary N) is 1. The van der Waals surface area contributed by atoms with Gasteiger partial charge in [0.1, 0.15) is 11.6 Å². The number of hydrogen-bond donors (Lipinski definition) is 1. The molecule has 4 heteroatoms. The fraction of sp³-hybridized carbons (Fsp3) is 0.154. The third-order valence-corrected chi connectivity index (χ3v) is 3.32. The number of benzene rings is 1. The number of pyridine rings is 1. The number of nitrogens with zero attached hydrogens (tertiary/aromatic N) is 1. The van der Waals surface area contributed by atoms with Crippen LogP contribution in [-0.4, -0.2) is 12.1 Å². The topological polar surface area (TPSA) is 48.1 Å². The zero-order valence-electron chi connectivity index (χ0n) is 9.59. The molecule has 2 N–H and O–H groups in total. The average Bonchev–Trinajstić information content (AvgIpc) is 2.37. The molecular formula is C13H14N2OS. The van der Waals surface area contributed by atoms with Gasteiger partial charge in [0.2, 0.25) is 0 Å². The second-order valence-corrected chi connectivity index (χ2v) is 4.57. The van der Waals surface area contributed by atoms with E-state index in [0.29, 0.717) is 5.82 Å². The van der Waals surface area contributed by atoms with Crippen LogP contribution in [0.3, 0.4) is 0 Å². The minimum Gasteiger partial charge on any atom is -0.497 e. The van der Waals surface area contributed by atoms with Gasteiger partial charge in [-0.3, -0.25) is 0 Å². The normalized spacial score (nSPS) is 10.2. The van der Waals surface area contributed by atoms with Crippen molar-refractivity contribution >= 4 is 17.6 Å². The van der Waals surface area contributed by atoms with E-state index in [0.717, 1.165) is 17.2 Å². The van der Waals surface area contributed by atoms with Crippen molar-refractivity contribution in [1.82, 2.24) is 4.98 Å². The van der Waals surface area contributed by atoms with E-state index in [1.54, 1.807) is 24.9 Å². The van der Waals surface area contributed by atoms with E-state index in [-0.39, 0.29) is 0 Å². The molecule has 0 aliphatic rings. The van der Waals surface area contributed by atoms with Gasteiger partial charge in [-0.2, -0.15) is 0 Å². The summed E-state index contributed by atoms with van der Waals surface area (Å²) >= 11 is 1.73. The summed E-state index contributed by atoms with van der Waals surface area (Å²) in [6.07, 6.45) is 0. The Hall–Kier alpha value is -1.68. The first-order valence-corrected chi connectivity index (χ1v) is 6.25. The number of thioether (sulfide) groups is 1. The van der Waals surface area contributed by atoms with Gasteiger partial charge < -0.3 is 10.5 Å². The lowest BCUT2D eigenvalue weighted by molar-refractivity contribution is 0.414. The Bertz CT molecular complexity index is 485. The second kappa shape index (κ2) is 5.59. The van der Waals surface area contributed by atoms with E-state index in [1.807, 2.05) is 36.4 Å². The van der Waals surface area contributed by atoms with Crippen molar-refractivity contribution in [2.24, 2.45) is 0 Å². The molecule has 2 rings (SSSR count). The predicted octanol–water partition coefficient (Wildman–Crippen LogP) is 2.96. The molecule has 2 aromatic rings. The molecule has 0 unspecified atom stereocenters. The number of rotatable bonds is 4. The molecule has 0 saturated carbocycles. The first-order chi connectivity index (χ1) is 8.28. The minimum absolute atomic E-state index is 0.567. The van der Waals surface area contributed by atoms with Gasteiger partial charge >= 0.3 is 0 Å². The van der Waals surface area contributed by atoms with Gasteiger partial charge in [0.05, 0.1) is 12.8 Å².